The molecule has 1 aromatic carbocycles. The Balaban J connectivity index is 1.85. The third kappa shape index (κ3) is 4.21. The van der Waals surface area contributed by atoms with Crippen LogP contribution in [0.5, 0.6) is 5.75 Å². The zero-order valence-electron chi connectivity index (χ0n) is 13.0. The molecule has 2 rings (SSSR count). The molecule has 0 radical (unpaired) electrons. The van der Waals surface area contributed by atoms with E-state index in [1.165, 1.54) is 7.11 Å². The molecule has 0 aliphatic carbocycles. The van der Waals surface area contributed by atoms with E-state index >= 15 is 0 Å². The van der Waals surface area contributed by atoms with Gasteiger partial charge in [0.15, 0.2) is 0 Å². The van der Waals surface area contributed by atoms with Crippen molar-refractivity contribution in [1.82, 2.24) is 10.2 Å². The maximum atomic E-state index is 12.2. The normalized spacial score (nSPS) is 15.5. The van der Waals surface area contributed by atoms with E-state index in [1.807, 2.05) is 0 Å². The highest BCUT2D eigenvalue weighted by Crippen LogP contribution is 2.15. The smallest absolute Gasteiger partial charge is 0.251 e. The number of methoxy groups -OCH3 is 2. The zero-order valence-corrected chi connectivity index (χ0v) is 13.0. The van der Waals surface area contributed by atoms with Crippen LogP contribution in [0.25, 0.3) is 0 Å². The average molecular weight is 306 g/mol. The second-order valence-electron chi connectivity index (χ2n) is 5.29. The lowest BCUT2D eigenvalue weighted by atomic mass is 10.0. The molecule has 6 heteroatoms. The van der Waals surface area contributed by atoms with Gasteiger partial charge in [-0.05, 0) is 31.0 Å². The van der Waals surface area contributed by atoms with Crippen LogP contribution in [0.4, 0.5) is 0 Å². The van der Waals surface area contributed by atoms with Crippen molar-refractivity contribution in [1.29, 1.82) is 0 Å². The fraction of sp³-hybridized carbons (Fsp3) is 0.500. The van der Waals surface area contributed by atoms with E-state index < -0.39 is 0 Å². The van der Waals surface area contributed by atoms with Gasteiger partial charge in [-0.15, -0.1) is 0 Å². The summed E-state index contributed by atoms with van der Waals surface area (Å²) in [5, 5.41) is 3.01. The lowest BCUT2D eigenvalue weighted by molar-refractivity contribution is -0.136. The molecule has 2 amide bonds. The van der Waals surface area contributed by atoms with E-state index in [0.29, 0.717) is 24.4 Å². The molecule has 1 aliphatic rings. The number of carbonyl (C=O) groups excluding carboxylic acids is 2. The van der Waals surface area contributed by atoms with Crippen LogP contribution in [-0.2, 0) is 9.53 Å². The standard InChI is InChI=1S/C16H22N2O4/c1-21-11-15(19)18-8-6-13(7-9-18)17-16(20)12-4-3-5-14(10-12)22-2/h3-5,10,13H,6-9,11H2,1-2H3,(H,17,20). The van der Waals surface area contributed by atoms with Crippen LogP contribution in [0, 0.1) is 0 Å². The van der Waals surface area contributed by atoms with Crippen LogP contribution in [0.15, 0.2) is 24.3 Å². The number of carbonyl (C=O) groups is 2. The quantitative estimate of drug-likeness (QED) is 0.883. The SMILES string of the molecule is COCC(=O)N1CCC(NC(=O)c2cccc(OC)c2)CC1. The average Bonchev–Trinajstić information content (AvgIpc) is 2.55. The number of benzene rings is 1. The topological polar surface area (TPSA) is 67.9 Å². The van der Waals surface area contributed by atoms with Gasteiger partial charge < -0.3 is 19.7 Å². The monoisotopic (exact) mass is 306 g/mol. The first kappa shape index (κ1) is 16.3. The Morgan fingerprint density at radius 2 is 2.00 bits per heavy atom. The summed E-state index contributed by atoms with van der Waals surface area (Å²) in [6.07, 6.45) is 1.51. The number of nitrogens with one attached hydrogen (secondary N) is 1. The fourth-order valence-electron chi connectivity index (χ4n) is 2.52. The predicted molar refractivity (Wildman–Crippen MR) is 81.9 cm³/mol. The third-order valence-corrected chi connectivity index (χ3v) is 3.78. The summed E-state index contributed by atoms with van der Waals surface area (Å²) in [4.78, 5) is 25.7. The summed E-state index contributed by atoms with van der Waals surface area (Å²) < 4.78 is 9.98. The summed E-state index contributed by atoms with van der Waals surface area (Å²) >= 11 is 0. The van der Waals surface area contributed by atoms with Crippen molar-refractivity contribution in [3.8, 4) is 5.75 Å². The number of likely N-dealkylation sites (tertiary alicyclic amines) is 1. The molecule has 1 heterocycles. The molecule has 0 saturated carbocycles. The molecule has 0 bridgehead atoms. The van der Waals surface area contributed by atoms with Gasteiger partial charge in [-0.3, -0.25) is 9.59 Å². The molecule has 120 valence electrons. The van der Waals surface area contributed by atoms with Crippen molar-refractivity contribution in [3.63, 3.8) is 0 Å². The summed E-state index contributed by atoms with van der Waals surface area (Å²) in [7, 11) is 3.09. The Hall–Kier alpha value is -2.08. The molecular formula is C16H22N2O4. The maximum Gasteiger partial charge on any atom is 0.251 e. The molecule has 22 heavy (non-hydrogen) atoms. The second-order valence-corrected chi connectivity index (χ2v) is 5.29. The highest BCUT2D eigenvalue weighted by Gasteiger charge is 2.23. The van der Waals surface area contributed by atoms with Crippen molar-refractivity contribution >= 4 is 11.8 Å². The van der Waals surface area contributed by atoms with Gasteiger partial charge in [0.2, 0.25) is 5.91 Å². The molecule has 0 aromatic heterocycles. The maximum absolute atomic E-state index is 12.2. The Morgan fingerprint density at radius 1 is 1.27 bits per heavy atom. The predicted octanol–water partition coefficient (Wildman–Crippen LogP) is 1.06. The van der Waals surface area contributed by atoms with Crippen molar-refractivity contribution < 1.29 is 19.1 Å². The first-order chi connectivity index (χ1) is 10.6. The number of rotatable bonds is 5. The molecule has 1 aromatic rings. The van der Waals surface area contributed by atoms with Crippen LogP contribution in [0.1, 0.15) is 23.2 Å². The van der Waals surface area contributed by atoms with Gasteiger partial charge in [0, 0.05) is 31.8 Å². The van der Waals surface area contributed by atoms with E-state index in [9.17, 15) is 9.59 Å². The lowest BCUT2D eigenvalue weighted by Gasteiger charge is -2.32. The molecule has 1 saturated heterocycles. The Labute approximate surface area is 130 Å². The van der Waals surface area contributed by atoms with Gasteiger partial charge in [-0.25, -0.2) is 0 Å². The minimum absolute atomic E-state index is 0.0000669. The van der Waals surface area contributed by atoms with Crippen LogP contribution in [-0.4, -0.2) is 56.7 Å². The van der Waals surface area contributed by atoms with Gasteiger partial charge in [-0.2, -0.15) is 0 Å². The molecule has 6 nitrogen and oxygen atoms in total. The van der Waals surface area contributed by atoms with E-state index in [1.54, 1.807) is 36.3 Å². The fourth-order valence-corrected chi connectivity index (χ4v) is 2.52. The minimum Gasteiger partial charge on any atom is -0.497 e. The lowest BCUT2D eigenvalue weighted by Crippen LogP contribution is -2.47. The van der Waals surface area contributed by atoms with Crippen molar-refractivity contribution in [2.24, 2.45) is 0 Å². The van der Waals surface area contributed by atoms with Crippen LogP contribution >= 0.6 is 0 Å². The van der Waals surface area contributed by atoms with Crippen molar-refractivity contribution in [2.45, 2.75) is 18.9 Å². The Kier molecular flexibility index (Phi) is 5.77. The molecule has 0 spiro atoms. The second kappa shape index (κ2) is 7.79. The number of piperidine rings is 1. The van der Waals surface area contributed by atoms with Crippen LogP contribution in [0.3, 0.4) is 0 Å². The van der Waals surface area contributed by atoms with Gasteiger partial charge in [0.05, 0.1) is 7.11 Å². The number of nitrogens with zero attached hydrogens (tertiary/aromatic N) is 1. The summed E-state index contributed by atoms with van der Waals surface area (Å²) in [5.74, 6) is 0.549. The van der Waals surface area contributed by atoms with Gasteiger partial charge in [-0.1, -0.05) is 6.07 Å². The van der Waals surface area contributed by atoms with Gasteiger partial charge in [0.25, 0.3) is 5.91 Å². The molecule has 1 fully saturated rings. The van der Waals surface area contributed by atoms with Gasteiger partial charge >= 0.3 is 0 Å². The first-order valence-electron chi connectivity index (χ1n) is 7.35. The largest absolute Gasteiger partial charge is 0.497 e. The molecule has 1 N–H and O–H groups in total. The molecule has 1 aliphatic heterocycles. The summed E-state index contributed by atoms with van der Waals surface area (Å²) in [6, 6.07) is 7.16. The Bertz CT molecular complexity index is 525. The van der Waals surface area contributed by atoms with Crippen LogP contribution < -0.4 is 10.1 Å². The number of hydrogen-bond acceptors (Lipinski definition) is 4. The van der Waals surface area contributed by atoms with E-state index in [2.05, 4.69) is 5.32 Å². The van der Waals surface area contributed by atoms with E-state index in [-0.39, 0.29) is 24.5 Å². The molecular weight excluding hydrogens is 284 g/mol. The highest BCUT2D eigenvalue weighted by atomic mass is 16.5. The zero-order chi connectivity index (χ0) is 15.9. The van der Waals surface area contributed by atoms with Crippen LogP contribution in [0.2, 0.25) is 0 Å². The van der Waals surface area contributed by atoms with E-state index in [4.69, 9.17) is 9.47 Å². The first-order valence-corrected chi connectivity index (χ1v) is 7.35. The Morgan fingerprint density at radius 3 is 2.64 bits per heavy atom. The van der Waals surface area contributed by atoms with Crippen molar-refractivity contribution in [2.75, 3.05) is 33.9 Å². The number of ether oxygens (including phenoxy) is 2. The highest BCUT2D eigenvalue weighted by molar-refractivity contribution is 5.94. The molecule has 0 atom stereocenters. The van der Waals surface area contributed by atoms with Crippen molar-refractivity contribution in [3.05, 3.63) is 29.8 Å². The number of hydrogen-bond donors (Lipinski definition) is 1. The molecule has 0 unspecified atom stereocenters. The third-order valence-electron chi connectivity index (χ3n) is 3.78. The summed E-state index contributed by atoms with van der Waals surface area (Å²) in [6.45, 7) is 1.40. The summed E-state index contributed by atoms with van der Waals surface area (Å²) in [5.41, 5.74) is 0.581. The number of amides is 2. The van der Waals surface area contributed by atoms with Gasteiger partial charge in [0.1, 0.15) is 12.4 Å². The van der Waals surface area contributed by atoms with E-state index in [0.717, 1.165) is 12.8 Å². The minimum atomic E-state index is -0.111.